The number of benzene rings is 2. The van der Waals surface area contributed by atoms with E-state index in [1.165, 1.54) is 12.1 Å². The van der Waals surface area contributed by atoms with Crippen molar-refractivity contribution >= 4 is 29.1 Å². The Balaban J connectivity index is 1.77. The summed E-state index contributed by atoms with van der Waals surface area (Å²) in [5.74, 6) is -0.359. The summed E-state index contributed by atoms with van der Waals surface area (Å²) < 4.78 is 0. The molecule has 6 heteroatoms. The first kappa shape index (κ1) is 15.0. The molecule has 2 aromatic carbocycles. The van der Waals surface area contributed by atoms with Gasteiger partial charge < -0.3 is 10.4 Å². The van der Waals surface area contributed by atoms with Crippen LogP contribution < -0.4 is 5.32 Å². The molecule has 0 bridgehead atoms. The number of aromatic nitrogens is 2. The van der Waals surface area contributed by atoms with Gasteiger partial charge in [-0.1, -0.05) is 29.8 Å². The fourth-order valence-electron chi connectivity index (χ4n) is 2.05. The Labute approximate surface area is 137 Å². The minimum atomic E-state index is -0.955. The number of nitrogens with zero attached hydrogens (tertiary/aromatic N) is 2. The van der Waals surface area contributed by atoms with Crippen LogP contribution in [0.15, 0.2) is 60.7 Å². The molecule has 0 aliphatic carbocycles. The van der Waals surface area contributed by atoms with Crippen molar-refractivity contribution in [2.75, 3.05) is 5.32 Å². The predicted molar refractivity (Wildman–Crippen MR) is 89.2 cm³/mol. The second kappa shape index (κ2) is 6.46. The summed E-state index contributed by atoms with van der Waals surface area (Å²) in [4.78, 5) is 10.8. The lowest BCUT2D eigenvalue weighted by atomic mass is 10.1. The highest BCUT2D eigenvalue weighted by molar-refractivity contribution is 6.30. The predicted octanol–water partition coefficient (Wildman–Crippen LogP) is 4.24. The molecule has 1 aromatic heterocycles. The van der Waals surface area contributed by atoms with Gasteiger partial charge in [-0.2, -0.15) is 0 Å². The maximum absolute atomic E-state index is 10.8. The number of rotatable bonds is 4. The lowest BCUT2D eigenvalue weighted by molar-refractivity contribution is 0.0697. The van der Waals surface area contributed by atoms with E-state index in [1.807, 2.05) is 18.2 Å². The third-order valence-electron chi connectivity index (χ3n) is 3.19. The lowest BCUT2D eigenvalue weighted by Gasteiger charge is -2.06. The lowest BCUT2D eigenvalue weighted by Crippen LogP contribution is -1.97. The molecule has 0 fully saturated rings. The van der Waals surface area contributed by atoms with Crippen molar-refractivity contribution in [2.45, 2.75) is 0 Å². The highest BCUT2D eigenvalue weighted by Gasteiger charge is 2.05. The van der Waals surface area contributed by atoms with Crippen LogP contribution in [-0.4, -0.2) is 21.3 Å². The van der Waals surface area contributed by atoms with Crippen molar-refractivity contribution < 1.29 is 9.90 Å². The summed E-state index contributed by atoms with van der Waals surface area (Å²) in [5.41, 5.74) is 2.53. The number of anilines is 2. The van der Waals surface area contributed by atoms with Crippen LogP contribution in [0.1, 0.15) is 10.4 Å². The molecule has 0 aliphatic rings. The van der Waals surface area contributed by atoms with Crippen molar-refractivity contribution in [1.82, 2.24) is 10.2 Å². The Hall–Kier alpha value is -2.92. The quantitative estimate of drug-likeness (QED) is 0.750. The summed E-state index contributed by atoms with van der Waals surface area (Å²) in [6.07, 6.45) is 0. The second-order valence-corrected chi connectivity index (χ2v) is 5.26. The van der Waals surface area contributed by atoms with E-state index in [0.717, 1.165) is 11.3 Å². The molecule has 0 aliphatic heterocycles. The van der Waals surface area contributed by atoms with E-state index in [0.29, 0.717) is 16.5 Å². The number of hydrogen-bond donors (Lipinski definition) is 2. The zero-order valence-electron chi connectivity index (χ0n) is 11.9. The third kappa shape index (κ3) is 3.64. The van der Waals surface area contributed by atoms with Crippen LogP contribution in [0.2, 0.25) is 5.02 Å². The fraction of sp³-hybridized carbons (Fsp3) is 0. The Morgan fingerprint density at radius 1 is 1.00 bits per heavy atom. The van der Waals surface area contributed by atoms with Crippen LogP contribution in [0.5, 0.6) is 0 Å². The van der Waals surface area contributed by atoms with Gasteiger partial charge in [0.25, 0.3) is 0 Å². The summed E-state index contributed by atoms with van der Waals surface area (Å²) in [5, 5.41) is 20.9. The van der Waals surface area contributed by atoms with E-state index in [2.05, 4.69) is 15.5 Å². The van der Waals surface area contributed by atoms with E-state index < -0.39 is 5.97 Å². The van der Waals surface area contributed by atoms with E-state index in [9.17, 15) is 4.79 Å². The van der Waals surface area contributed by atoms with Crippen LogP contribution in [0.25, 0.3) is 11.3 Å². The molecule has 0 unspecified atom stereocenters. The van der Waals surface area contributed by atoms with Gasteiger partial charge in [-0.05, 0) is 42.5 Å². The topological polar surface area (TPSA) is 75.1 Å². The summed E-state index contributed by atoms with van der Waals surface area (Å²) in [7, 11) is 0. The van der Waals surface area contributed by atoms with Crippen LogP contribution >= 0.6 is 11.6 Å². The number of aromatic carboxylic acids is 1. The molecule has 114 valence electrons. The molecule has 3 rings (SSSR count). The SMILES string of the molecule is O=C(O)c1ccc(-c2ccc(Nc3cccc(Cl)c3)nn2)cc1. The molecule has 0 spiro atoms. The van der Waals surface area contributed by atoms with Crippen molar-refractivity contribution in [2.24, 2.45) is 0 Å². The summed E-state index contributed by atoms with van der Waals surface area (Å²) in [6, 6.07) is 17.4. The number of nitrogens with one attached hydrogen (secondary N) is 1. The van der Waals surface area contributed by atoms with Gasteiger partial charge in [-0.3, -0.25) is 0 Å². The van der Waals surface area contributed by atoms with Gasteiger partial charge in [0.05, 0.1) is 11.3 Å². The first-order valence-corrected chi connectivity index (χ1v) is 7.20. The molecule has 0 amide bonds. The average Bonchev–Trinajstić information content (AvgIpc) is 2.56. The molecule has 23 heavy (non-hydrogen) atoms. The Morgan fingerprint density at radius 2 is 1.78 bits per heavy atom. The maximum Gasteiger partial charge on any atom is 0.335 e. The maximum atomic E-state index is 10.8. The number of hydrogen-bond acceptors (Lipinski definition) is 4. The number of halogens is 1. The molecule has 0 saturated heterocycles. The molecular formula is C17H12ClN3O2. The first-order chi connectivity index (χ1) is 11.1. The van der Waals surface area contributed by atoms with Gasteiger partial charge in [-0.15, -0.1) is 10.2 Å². The van der Waals surface area contributed by atoms with Crippen molar-refractivity contribution in [3.63, 3.8) is 0 Å². The van der Waals surface area contributed by atoms with Crippen LogP contribution in [-0.2, 0) is 0 Å². The summed E-state index contributed by atoms with van der Waals surface area (Å²) in [6.45, 7) is 0. The molecule has 2 N–H and O–H groups in total. The Morgan fingerprint density at radius 3 is 2.39 bits per heavy atom. The summed E-state index contributed by atoms with van der Waals surface area (Å²) >= 11 is 5.93. The Kier molecular flexibility index (Phi) is 4.21. The smallest absolute Gasteiger partial charge is 0.335 e. The van der Waals surface area contributed by atoms with Crippen molar-refractivity contribution in [3.05, 3.63) is 71.2 Å². The zero-order valence-corrected chi connectivity index (χ0v) is 12.7. The molecular weight excluding hydrogens is 314 g/mol. The Bertz CT molecular complexity index is 833. The fourth-order valence-corrected chi connectivity index (χ4v) is 2.24. The molecule has 1 heterocycles. The first-order valence-electron chi connectivity index (χ1n) is 6.82. The van der Waals surface area contributed by atoms with E-state index in [-0.39, 0.29) is 5.56 Å². The van der Waals surface area contributed by atoms with E-state index >= 15 is 0 Å². The average molecular weight is 326 g/mol. The van der Waals surface area contributed by atoms with Gasteiger partial charge in [-0.25, -0.2) is 4.79 Å². The van der Waals surface area contributed by atoms with E-state index in [4.69, 9.17) is 16.7 Å². The van der Waals surface area contributed by atoms with Crippen LogP contribution in [0.4, 0.5) is 11.5 Å². The van der Waals surface area contributed by atoms with Gasteiger partial charge in [0, 0.05) is 16.3 Å². The largest absolute Gasteiger partial charge is 0.478 e. The van der Waals surface area contributed by atoms with Crippen LogP contribution in [0, 0.1) is 0 Å². The van der Waals surface area contributed by atoms with E-state index in [1.54, 1.807) is 30.3 Å². The second-order valence-electron chi connectivity index (χ2n) is 4.82. The zero-order chi connectivity index (χ0) is 16.2. The van der Waals surface area contributed by atoms with Crippen molar-refractivity contribution in [1.29, 1.82) is 0 Å². The molecule has 3 aromatic rings. The highest BCUT2D eigenvalue weighted by atomic mass is 35.5. The minimum absolute atomic E-state index is 0.237. The van der Waals surface area contributed by atoms with Gasteiger partial charge in [0.15, 0.2) is 5.82 Å². The highest BCUT2D eigenvalue weighted by Crippen LogP contribution is 2.21. The van der Waals surface area contributed by atoms with Crippen molar-refractivity contribution in [3.8, 4) is 11.3 Å². The minimum Gasteiger partial charge on any atom is -0.478 e. The normalized spacial score (nSPS) is 10.3. The van der Waals surface area contributed by atoms with Gasteiger partial charge in [0.1, 0.15) is 0 Å². The standard InChI is InChI=1S/C17H12ClN3O2/c18-13-2-1-3-14(10-13)19-16-9-8-15(20-21-16)11-4-6-12(7-5-11)17(22)23/h1-10H,(H,19,21)(H,22,23). The third-order valence-corrected chi connectivity index (χ3v) is 3.42. The molecule has 5 nitrogen and oxygen atoms in total. The molecule has 0 atom stereocenters. The van der Waals surface area contributed by atoms with Crippen LogP contribution in [0.3, 0.4) is 0 Å². The number of carboxylic acids is 1. The number of carbonyl (C=O) groups is 1. The van der Waals surface area contributed by atoms with Gasteiger partial charge in [0.2, 0.25) is 0 Å². The van der Waals surface area contributed by atoms with Gasteiger partial charge >= 0.3 is 5.97 Å². The number of carboxylic acid groups (broad SMARTS) is 1. The monoisotopic (exact) mass is 325 g/mol. The molecule has 0 saturated carbocycles. The molecule has 0 radical (unpaired) electrons.